The number of nitrogens with one attached hydrogen (secondary N) is 1. The minimum Gasteiger partial charge on any atom is -0.329 e. The number of rotatable bonds is 2. The minimum absolute atomic E-state index is 0. The molecule has 1 saturated heterocycles. The highest BCUT2D eigenvalue weighted by Crippen LogP contribution is 2.24. The van der Waals surface area contributed by atoms with Crippen molar-refractivity contribution < 1.29 is 4.79 Å². The molecule has 1 unspecified atom stereocenters. The fraction of sp³-hybridized carbons (Fsp3) is 0.333. The first-order chi connectivity index (χ1) is 12.1. The number of piperazine rings is 1. The maximum atomic E-state index is 13.3. The van der Waals surface area contributed by atoms with Gasteiger partial charge in [0, 0.05) is 44.3 Å². The average Bonchev–Trinajstić information content (AvgIpc) is 3.04. The van der Waals surface area contributed by atoms with Crippen LogP contribution in [0.25, 0.3) is 5.65 Å². The van der Waals surface area contributed by atoms with E-state index in [-0.39, 0.29) is 24.4 Å². The monoisotopic (exact) mass is 372 g/mol. The van der Waals surface area contributed by atoms with Crippen LogP contribution in [0.4, 0.5) is 0 Å². The number of hydrogen-bond acceptors (Lipinski definition) is 5. The van der Waals surface area contributed by atoms with Gasteiger partial charge in [-0.05, 0) is 25.5 Å². The fourth-order valence-corrected chi connectivity index (χ4v) is 3.35. The molecular weight excluding hydrogens is 352 g/mol. The van der Waals surface area contributed by atoms with Crippen molar-refractivity contribution in [2.24, 2.45) is 0 Å². The van der Waals surface area contributed by atoms with Crippen LogP contribution in [0.2, 0.25) is 0 Å². The maximum Gasteiger partial charge on any atom is 0.257 e. The summed E-state index contributed by atoms with van der Waals surface area (Å²) in [6, 6.07) is 5.78. The van der Waals surface area contributed by atoms with Gasteiger partial charge in [0.15, 0.2) is 5.65 Å². The van der Waals surface area contributed by atoms with E-state index >= 15 is 0 Å². The lowest BCUT2D eigenvalue weighted by Crippen LogP contribution is -2.49. The van der Waals surface area contributed by atoms with Gasteiger partial charge in [-0.2, -0.15) is 5.10 Å². The van der Waals surface area contributed by atoms with E-state index < -0.39 is 0 Å². The Morgan fingerprint density at radius 1 is 1.31 bits per heavy atom. The molecule has 4 rings (SSSR count). The second kappa shape index (κ2) is 7.39. The molecule has 136 valence electrons. The third kappa shape index (κ3) is 3.15. The predicted octanol–water partition coefficient (Wildman–Crippen LogP) is 1.95. The van der Waals surface area contributed by atoms with E-state index in [4.69, 9.17) is 0 Å². The Bertz CT molecular complexity index is 926. The number of carbonyl (C=O) groups excluding carboxylic acids is 1. The number of aryl methyl sites for hydroxylation is 2. The molecule has 26 heavy (non-hydrogen) atoms. The lowest BCUT2D eigenvalue weighted by atomic mass is 10.0. The van der Waals surface area contributed by atoms with Gasteiger partial charge in [0.2, 0.25) is 0 Å². The van der Waals surface area contributed by atoms with Crippen LogP contribution in [-0.4, -0.2) is 50.0 Å². The molecule has 1 fully saturated rings. The van der Waals surface area contributed by atoms with Crippen molar-refractivity contribution in [3.63, 3.8) is 0 Å². The van der Waals surface area contributed by atoms with Crippen LogP contribution in [-0.2, 0) is 0 Å². The van der Waals surface area contributed by atoms with E-state index in [0.29, 0.717) is 18.7 Å². The second-order valence-electron chi connectivity index (χ2n) is 6.32. The molecule has 0 saturated carbocycles. The van der Waals surface area contributed by atoms with Crippen LogP contribution in [0.15, 0.2) is 36.8 Å². The summed E-state index contributed by atoms with van der Waals surface area (Å²) in [6.07, 6.45) is 5.23. The Labute approximate surface area is 157 Å². The SMILES string of the molecule is Cc1cc2ncc(C(=O)N3CCNCC3c3cccnc3)c(C)n2n1.Cl. The van der Waals surface area contributed by atoms with Gasteiger partial charge in [-0.25, -0.2) is 9.50 Å². The topological polar surface area (TPSA) is 75.4 Å². The predicted molar refractivity (Wildman–Crippen MR) is 101 cm³/mol. The number of nitrogens with zero attached hydrogens (tertiary/aromatic N) is 5. The standard InChI is InChI=1S/C18H20N6O.ClH/c1-12-8-17-21-10-15(13(2)24(17)22-12)18(25)23-7-6-20-11-16(23)14-4-3-5-19-9-14;/h3-5,8-10,16,20H,6-7,11H2,1-2H3;1H. The molecule has 0 radical (unpaired) electrons. The van der Waals surface area contributed by atoms with E-state index in [1.54, 1.807) is 16.9 Å². The Balaban J connectivity index is 0.00000196. The molecule has 0 bridgehead atoms. The smallest absolute Gasteiger partial charge is 0.257 e. The van der Waals surface area contributed by atoms with Crippen LogP contribution < -0.4 is 5.32 Å². The summed E-state index contributed by atoms with van der Waals surface area (Å²) in [6.45, 7) is 5.97. The van der Waals surface area contributed by atoms with Crippen molar-refractivity contribution in [1.82, 2.24) is 29.8 Å². The quantitative estimate of drug-likeness (QED) is 0.744. The van der Waals surface area contributed by atoms with Gasteiger partial charge in [-0.15, -0.1) is 12.4 Å². The van der Waals surface area contributed by atoms with Crippen LogP contribution in [0.5, 0.6) is 0 Å². The van der Waals surface area contributed by atoms with E-state index in [0.717, 1.165) is 29.1 Å². The number of pyridine rings is 1. The van der Waals surface area contributed by atoms with Gasteiger partial charge in [0.25, 0.3) is 5.91 Å². The first-order valence-corrected chi connectivity index (χ1v) is 8.39. The zero-order valence-corrected chi connectivity index (χ0v) is 15.5. The summed E-state index contributed by atoms with van der Waals surface area (Å²) in [5.41, 5.74) is 4.08. The Hall–Kier alpha value is -2.51. The van der Waals surface area contributed by atoms with Crippen molar-refractivity contribution in [3.8, 4) is 0 Å². The Kier molecular flexibility index (Phi) is 5.20. The van der Waals surface area contributed by atoms with Crippen LogP contribution in [0.1, 0.15) is 33.4 Å². The van der Waals surface area contributed by atoms with Crippen molar-refractivity contribution >= 4 is 24.0 Å². The maximum absolute atomic E-state index is 13.3. The molecule has 1 amide bonds. The Morgan fingerprint density at radius 2 is 2.15 bits per heavy atom. The van der Waals surface area contributed by atoms with Gasteiger partial charge in [0.05, 0.1) is 23.0 Å². The summed E-state index contributed by atoms with van der Waals surface area (Å²) < 4.78 is 1.74. The molecule has 3 aromatic heterocycles. The molecule has 4 heterocycles. The van der Waals surface area contributed by atoms with E-state index in [1.807, 2.05) is 43.1 Å². The third-order valence-corrected chi connectivity index (χ3v) is 4.65. The van der Waals surface area contributed by atoms with Crippen molar-refractivity contribution in [1.29, 1.82) is 0 Å². The van der Waals surface area contributed by atoms with Gasteiger partial charge >= 0.3 is 0 Å². The number of aromatic nitrogens is 4. The van der Waals surface area contributed by atoms with E-state index in [2.05, 4.69) is 20.4 Å². The molecule has 3 aromatic rings. The zero-order valence-electron chi connectivity index (χ0n) is 14.7. The summed E-state index contributed by atoms with van der Waals surface area (Å²) in [7, 11) is 0. The van der Waals surface area contributed by atoms with Crippen LogP contribution in [0.3, 0.4) is 0 Å². The molecule has 1 aliphatic rings. The largest absolute Gasteiger partial charge is 0.329 e. The number of carbonyl (C=O) groups is 1. The second-order valence-corrected chi connectivity index (χ2v) is 6.32. The first-order valence-electron chi connectivity index (χ1n) is 8.39. The molecule has 0 aromatic carbocycles. The molecule has 1 N–H and O–H groups in total. The van der Waals surface area contributed by atoms with Crippen molar-refractivity contribution in [2.75, 3.05) is 19.6 Å². The molecule has 0 aliphatic carbocycles. The average molecular weight is 373 g/mol. The lowest BCUT2D eigenvalue weighted by molar-refractivity contribution is 0.0632. The van der Waals surface area contributed by atoms with Gasteiger partial charge in [-0.3, -0.25) is 9.78 Å². The molecule has 0 spiro atoms. The fourth-order valence-electron chi connectivity index (χ4n) is 3.35. The number of halogens is 1. The van der Waals surface area contributed by atoms with E-state index in [9.17, 15) is 4.79 Å². The van der Waals surface area contributed by atoms with Gasteiger partial charge in [-0.1, -0.05) is 6.07 Å². The Morgan fingerprint density at radius 3 is 2.92 bits per heavy atom. The van der Waals surface area contributed by atoms with Crippen molar-refractivity contribution in [3.05, 3.63) is 59.3 Å². The van der Waals surface area contributed by atoms with E-state index in [1.165, 1.54) is 0 Å². The summed E-state index contributed by atoms with van der Waals surface area (Å²) in [5, 5.41) is 7.80. The first kappa shape index (κ1) is 18.3. The number of fused-ring (bicyclic) bond motifs is 1. The highest BCUT2D eigenvalue weighted by Gasteiger charge is 2.30. The molecule has 8 heteroatoms. The lowest BCUT2D eigenvalue weighted by Gasteiger charge is -2.36. The molecule has 1 atom stereocenters. The minimum atomic E-state index is -0.0376. The number of hydrogen-bond donors (Lipinski definition) is 1. The number of amides is 1. The molecular formula is C18H21ClN6O. The van der Waals surface area contributed by atoms with Crippen LogP contribution >= 0.6 is 12.4 Å². The highest BCUT2D eigenvalue weighted by molar-refractivity contribution is 5.95. The summed E-state index contributed by atoms with van der Waals surface area (Å²) >= 11 is 0. The summed E-state index contributed by atoms with van der Waals surface area (Å²) in [4.78, 5) is 23.8. The normalized spacial score (nSPS) is 17.2. The molecule has 7 nitrogen and oxygen atoms in total. The van der Waals surface area contributed by atoms with Gasteiger partial charge < -0.3 is 10.2 Å². The summed E-state index contributed by atoms with van der Waals surface area (Å²) in [5.74, 6) is -0.0181. The molecule has 1 aliphatic heterocycles. The zero-order chi connectivity index (χ0) is 17.4. The van der Waals surface area contributed by atoms with Crippen molar-refractivity contribution in [2.45, 2.75) is 19.9 Å². The van der Waals surface area contributed by atoms with Crippen LogP contribution in [0, 0.1) is 13.8 Å². The highest BCUT2D eigenvalue weighted by atomic mass is 35.5. The van der Waals surface area contributed by atoms with Gasteiger partial charge in [0.1, 0.15) is 0 Å². The third-order valence-electron chi connectivity index (χ3n) is 4.65.